The van der Waals surface area contributed by atoms with Gasteiger partial charge in [-0.1, -0.05) is 17.4 Å². The van der Waals surface area contributed by atoms with Gasteiger partial charge in [-0.3, -0.25) is 0 Å². The van der Waals surface area contributed by atoms with Crippen LogP contribution in [0.3, 0.4) is 0 Å². The van der Waals surface area contributed by atoms with E-state index in [0.717, 1.165) is 17.2 Å². The van der Waals surface area contributed by atoms with Crippen LogP contribution in [0.2, 0.25) is 0 Å². The van der Waals surface area contributed by atoms with E-state index in [1.807, 2.05) is 18.2 Å². The molecule has 0 unspecified atom stereocenters. The maximum Gasteiger partial charge on any atom is 0.347 e. The van der Waals surface area contributed by atoms with E-state index < -0.39 is 5.97 Å². The maximum atomic E-state index is 10.7. The van der Waals surface area contributed by atoms with E-state index in [4.69, 9.17) is 5.11 Å². The Morgan fingerprint density at radius 1 is 1.44 bits per heavy atom. The number of thiazole rings is 1. The van der Waals surface area contributed by atoms with Gasteiger partial charge in [0.2, 0.25) is 0 Å². The van der Waals surface area contributed by atoms with Gasteiger partial charge in [0.1, 0.15) is 10.7 Å². The molecule has 0 aliphatic rings. The molecule has 2 aromatic rings. The second-order valence-corrected chi connectivity index (χ2v) is 4.07. The number of carboxylic acids is 1. The molecule has 0 spiro atoms. The topological polar surface area (TPSA) is 66.3 Å². The molecule has 82 valence electrons. The van der Waals surface area contributed by atoms with Crippen LogP contribution >= 0.6 is 11.3 Å². The predicted molar refractivity (Wildman–Crippen MR) is 61.4 cm³/mol. The van der Waals surface area contributed by atoms with Gasteiger partial charge >= 0.3 is 5.97 Å². The van der Waals surface area contributed by atoms with Crippen LogP contribution in [0.4, 0.5) is 10.9 Å². The van der Waals surface area contributed by atoms with Crippen molar-refractivity contribution in [3.63, 3.8) is 0 Å². The summed E-state index contributed by atoms with van der Waals surface area (Å²) in [6.07, 6.45) is 3.03. The summed E-state index contributed by atoms with van der Waals surface area (Å²) in [5, 5.41) is 9.39. The van der Waals surface area contributed by atoms with E-state index in [9.17, 15) is 4.79 Å². The molecule has 0 atom stereocenters. The second kappa shape index (κ2) is 4.28. The molecule has 0 bridgehead atoms. The lowest BCUT2D eigenvalue weighted by Crippen LogP contribution is -2.10. The number of hydrogen-bond acceptors (Lipinski definition) is 5. The van der Waals surface area contributed by atoms with Crippen molar-refractivity contribution in [3.8, 4) is 0 Å². The number of carbonyl (C=O) groups is 1. The summed E-state index contributed by atoms with van der Waals surface area (Å²) in [6, 6.07) is 5.52. The lowest BCUT2D eigenvalue weighted by Gasteiger charge is -2.13. The van der Waals surface area contributed by atoms with Gasteiger partial charge in [0.15, 0.2) is 5.13 Å². The van der Waals surface area contributed by atoms with Gasteiger partial charge in [-0.2, -0.15) is 0 Å². The first-order valence-corrected chi connectivity index (χ1v) is 5.34. The summed E-state index contributed by atoms with van der Waals surface area (Å²) in [5.74, 6) is -0.230. The zero-order valence-electron chi connectivity index (χ0n) is 8.49. The van der Waals surface area contributed by atoms with Crippen LogP contribution in [0.25, 0.3) is 0 Å². The molecule has 0 aromatic carbocycles. The van der Waals surface area contributed by atoms with E-state index in [1.54, 1.807) is 18.1 Å². The third-order valence-corrected chi connectivity index (χ3v) is 3.05. The standard InChI is InChI=1S/C10H9N3O2S/c1-13(8-4-2-3-5-11-8)10-12-6-7(16-10)9(14)15/h2-6H,1H3,(H,14,15). The second-order valence-electron chi connectivity index (χ2n) is 3.06. The Morgan fingerprint density at radius 2 is 2.25 bits per heavy atom. The number of anilines is 2. The van der Waals surface area contributed by atoms with Crippen molar-refractivity contribution in [2.24, 2.45) is 0 Å². The molecule has 1 N–H and O–H groups in total. The van der Waals surface area contributed by atoms with Gasteiger partial charge in [0.05, 0.1) is 6.20 Å². The minimum atomic E-state index is -0.960. The first-order valence-electron chi connectivity index (χ1n) is 4.52. The van der Waals surface area contributed by atoms with Crippen molar-refractivity contribution in [1.82, 2.24) is 9.97 Å². The molecule has 0 saturated carbocycles. The third-order valence-electron chi connectivity index (χ3n) is 1.98. The molecule has 0 radical (unpaired) electrons. The lowest BCUT2D eigenvalue weighted by atomic mass is 10.4. The number of rotatable bonds is 3. The molecule has 0 aliphatic carbocycles. The number of aromatic carboxylic acids is 1. The van der Waals surface area contributed by atoms with Gasteiger partial charge in [-0.05, 0) is 12.1 Å². The zero-order chi connectivity index (χ0) is 11.5. The van der Waals surface area contributed by atoms with Crippen molar-refractivity contribution < 1.29 is 9.90 Å². The van der Waals surface area contributed by atoms with Crippen molar-refractivity contribution in [2.75, 3.05) is 11.9 Å². The van der Waals surface area contributed by atoms with E-state index >= 15 is 0 Å². The Bertz CT molecular complexity index is 498. The number of carboxylic acid groups (broad SMARTS) is 1. The molecule has 6 heteroatoms. The van der Waals surface area contributed by atoms with Crippen LogP contribution in [0.15, 0.2) is 30.6 Å². The quantitative estimate of drug-likeness (QED) is 0.881. The smallest absolute Gasteiger partial charge is 0.347 e. The molecule has 5 nitrogen and oxygen atoms in total. The van der Waals surface area contributed by atoms with Gasteiger partial charge in [0, 0.05) is 13.2 Å². The van der Waals surface area contributed by atoms with Crippen LogP contribution < -0.4 is 4.90 Å². The summed E-state index contributed by atoms with van der Waals surface area (Å²) in [7, 11) is 1.80. The summed E-state index contributed by atoms with van der Waals surface area (Å²) in [6.45, 7) is 0. The molecule has 2 heterocycles. The highest BCUT2D eigenvalue weighted by atomic mass is 32.1. The fourth-order valence-corrected chi connectivity index (χ4v) is 1.89. The SMILES string of the molecule is CN(c1ccccn1)c1ncc(C(=O)O)s1. The summed E-state index contributed by atoms with van der Waals surface area (Å²) in [4.78, 5) is 20.9. The van der Waals surface area contributed by atoms with E-state index in [2.05, 4.69) is 9.97 Å². The predicted octanol–water partition coefficient (Wildman–Crippen LogP) is 2.00. The van der Waals surface area contributed by atoms with Crippen LogP contribution in [-0.4, -0.2) is 28.1 Å². The minimum absolute atomic E-state index is 0.220. The van der Waals surface area contributed by atoms with Gasteiger partial charge < -0.3 is 10.0 Å². The molecule has 2 aromatic heterocycles. The highest BCUT2D eigenvalue weighted by Gasteiger charge is 2.13. The monoisotopic (exact) mass is 235 g/mol. The average Bonchev–Trinajstić information content (AvgIpc) is 2.78. The Balaban J connectivity index is 2.27. The summed E-state index contributed by atoms with van der Waals surface area (Å²) < 4.78 is 0. The highest BCUT2D eigenvalue weighted by Crippen LogP contribution is 2.26. The maximum absolute atomic E-state index is 10.7. The minimum Gasteiger partial charge on any atom is -0.477 e. The van der Waals surface area contributed by atoms with Crippen molar-refractivity contribution in [3.05, 3.63) is 35.5 Å². The van der Waals surface area contributed by atoms with E-state index in [0.29, 0.717) is 5.13 Å². The average molecular weight is 235 g/mol. The van der Waals surface area contributed by atoms with Crippen LogP contribution in [0, 0.1) is 0 Å². The molecule has 0 fully saturated rings. The summed E-state index contributed by atoms with van der Waals surface area (Å²) in [5.41, 5.74) is 0. The van der Waals surface area contributed by atoms with E-state index in [-0.39, 0.29) is 4.88 Å². The first-order chi connectivity index (χ1) is 7.68. The molecule has 0 saturated heterocycles. The zero-order valence-corrected chi connectivity index (χ0v) is 9.31. The fraction of sp³-hybridized carbons (Fsp3) is 0.100. The number of aromatic nitrogens is 2. The Hall–Kier alpha value is -1.95. The van der Waals surface area contributed by atoms with Crippen LogP contribution in [-0.2, 0) is 0 Å². The van der Waals surface area contributed by atoms with Crippen molar-refractivity contribution >= 4 is 28.3 Å². The number of hydrogen-bond donors (Lipinski definition) is 1. The molecule has 0 aliphatic heterocycles. The number of nitrogens with zero attached hydrogens (tertiary/aromatic N) is 3. The summed E-state index contributed by atoms with van der Waals surface area (Å²) >= 11 is 1.12. The van der Waals surface area contributed by atoms with Crippen LogP contribution in [0.5, 0.6) is 0 Å². The number of pyridine rings is 1. The lowest BCUT2D eigenvalue weighted by molar-refractivity contribution is 0.0702. The van der Waals surface area contributed by atoms with Gasteiger partial charge in [0.25, 0.3) is 0 Å². The molecule has 16 heavy (non-hydrogen) atoms. The van der Waals surface area contributed by atoms with Crippen molar-refractivity contribution in [1.29, 1.82) is 0 Å². The van der Waals surface area contributed by atoms with Gasteiger partial charge in [-0.25, -0.2) is 14.8 Å². The molecule has 0 amide bonds. The fourth-order valence-electron chi connectivity index (χ4n) is 1.17. The largest absolute Gasteiger partial charge is 0.477 e. The first kappa shape index (κ1) is 10.6. The van der Waals surface area contributed by atoms with E-state index in [1.165, 1.54) is 6.20 Å². The molecular formula is C10H9N3O2S. The Labute approximate surface area is 96.0 Å². The highest BCUT2D eigenvalue weighted by molar-refractivity contribution is 7.17. The normalized spacial score (nSPS) is 10.1. The molecular weight excluding hydrogens is 226 g/mol. The Kier molecular flexibility index (Phi) is 2.82. The third kappa shape index (κ3) is 2.01. The molecule has 2 rings (SSSR count). The van der Waals surface area contributed by atoms with Crippen LogP contribution in [0.1, 0.15) is 9.67 Å². The van der Waals surface area contributed by atoms with Crippen molar-refractivity contribution in [2.45, 2.75) is 0 Å². The van der Waals surface area contributed by atoms with Gasteiger partial charge in [-0.15, -0.1) is 0 Å². The Morgan fingerprint density at radius 3 is 2.81 bits per heavy atom.